The SMILES string of the molecule is CC(C)C1CN(CCOCCOCCOCCNC(=O)CCCCC[C@H]2NC(=O)N[C@H]2C)NN1C1CCCCCCCC1. The summed E-state index contributed by atoms with van der Waals surface area (Å²) in [5.41, 5.74) is 3.73. The third-order valence-electron chi connectivity index (χ3n) is 9.03. The number of urea groups is 1. The molecule has 1 saturated carbocycles. The average Bonchev–Trinajstić information content (AvgIpc) is 3.58. The first-order valence-corrected chi connectivity index (χ1v) is 17.3. The summed E-state index contributed by atoms with van der Waals surface area (Å²) in [5, 5.41) is 13.6. The lowest BCUT2D eigenvalue weighted by atomic mass is 9.98. The summed E-state index contributed by atoms with van der Waals surface area (Å²) in [4.78, 5) is 23.3. The fourth-order valence-electron chi connectivity index (χ4n) is 6.37. The van der Waals surface area contributed by atoms with Crippen molar-refractivity contribution in [1.29, 1.82) is 0 Å². The van der Waals surface area contributed by atoms with Gasteiger partial charge in [0.05, 0.1) is 45.7 Å². The standard InChI is InChI=1S/C32H62N6O5/c1-26(2)30-25-37(36-38(30)28-13-9-6-4-5-7-10-14-28)18-20-42-22-24-43-23-21-41-19-17-33-31(39)16-12-8-11-15-29-27(3)34-32(40)35-29/h26-30,36H,4-25H2,1-3H3,(H,33,39)(H2,34,35,40)/t27-,29+,30?/m0/s1. The molecule has 3 aliphatic rings. The summed E-state index contributed by atoms with van der Waals surface area (Å²) in [5.74, 6) is 0.683. The van der Waals surface area contributed by atoms with Crippen molar-refractivity contribution in [3.05, 3.63) is 0 Å². The van der Waals surface area contributed by atoms with E-state index in [1.165, 1.54) is 51.4 Å². The minimum absolute atomic E-state index is 0.0630. The van der Waals surface area contributed by atoms with Crippen LogP contribution in [0.25, 0.3) is 0 Å². The molecule has 0 spiro atoms. The molecular weight excluding hydrogens is 548 g/mol. The minimum Gasteiger partial charge on any atom is -0.378 e. The van der Waals surface area contributed by atoms with Gasteiger partial charge < -0.3 is 30.2 Å². The molecule has 3 atom stereocenters. The van der Waals surface area contributed by atoms with E-state index in [1.807, 2.05) is 6.92 Å². The van der Waals surface area contributed by atoms with Crippen molar-refractivity contribution in [2.75, 3.05) is 59.3 Å². The zero-order chi connectivity index (χ0) is 30.7. The van der Waals surface area contributed by atoms with Gasteiger partial charge in [0.25, 0.3) is 0 Å². The van der Waals surface area contributed by atoms with Crippen molar-refractivity contribution in [2.24, 2.45) is 5.92 Å². The lowest BCUT2D eigenvalue weighted by Crippen LogP contribution is -2.49. The second-order valence-corrected chi connectivity index (χ2v) is 12.9. The van der Waals surface area contributed by atoms with E-state index in [-0.39, 0.29) is 24.0 Å². The van der Waals surface area contributed by atoms with E-state index < -0.39 is 0 Å². The van der Waals surface area contributed by atoms with Crippen molar-refractivity contribution < 1.29 is 23.8 Å². The summed E-state index contributed by atoms with van der Waals surface area (Å²) in [7, 11) is 0. The summed E-state index contributed by atoms with van der Waals surface area (Å²) in [6.45, 7) is 12.5. The molecule has 250 valence electrons. The molecule has 0 bridgehead atoms. The number of unbranched alkanes of at least 4 members (excludes halogenated alkanes) is 2. The quantitative estimate of drug-likeness (QED) is 0.154. The molecule has 4 N–H and O–H groups in total. The number of nitrogens with zero attached hydrogens (tertiary/aromatic N) is 2. The Morgan fingerprint density at radius 2 is 1.53 bits per heavy atom. The first kappa shape index (κ1) is 36.0. The second-order valence-electron chi connectivity index (χ2n) is 12.9. The van der Waals surface area contributed by atoms with Crippen LogP contribution < -0.4 is 21.5 Å². The van der Waals surface area contributed by atoms with Crippen LogP contribution in [0.4, 0.5) is 4.79 Å². The maximum Gasteiger partial charge on any atom is 0.315 e. The van der Waals surface area contributed by atoms with E-state index in [4.69, 9.17) is 14.2 Å². The van der Waals surface area contributed by atoms with E-state index >= 15 is 0 Å². The molecule has 0 radical (unpaired) electrons. The monoisotopic (exact) mass is 610 g/mol. The van der Waals surface area contributed by atoms with Crippen LogP contribution in [-0.2, 0) is 19.0 Å². The summed E-state index contributed by atoms with van der Waals surface area (Å²) < 4.78 is 17.0. The first-order chi connectivity index (χ1) is 20.9. The molecule has 0 aromatic carbocycles. The van der Waals surface area contributed by atoms with Gasteiger partial charge >= 0.3 is 6.03 Å². The molecule has 2 aliphatic heterocycles. The molecule has 3 fully saturated rings. The van der Waals surface area contributed by atoms with E-state index in [2.05, 4.69) is 45.4 Å². The molecule has 1 aliphatic carbocycles. The van der Waals surface area contributed by atoms with Crippen LogP contribution in [0.1, 0.15) is 104 Å². The molecule has 43 heavy (non-hydrogen) atoms. The molecule has 11 heteroatoms. The lowest BCUT2D eigenvalue weighted by Gasteiger charge is -2.34. The van der Waals surface area contributed by atoms with Crippen LogP contribution in [0.2, 0.25) is 0 Å². The van der Waals surface area contributed by atoms with Gasteiger partial charge in [0.2, 0.25) is 5.91 Å². The highest BCUT2D eigenvalue weighted by Gasteiger charge is 2.36. The van der Waals surface area contributed by atoms with Gasteiger partial charge in [-0.2, -0.15) is 5.53 Å². The van der Waals surface area contributed by atoms with Crippen LogP contribution in [0.5, 0.6) is 0 Å². The molecule has 2 saturated heterocycles. The molecule has 11 nitrogen and oxygen atoms in total. The Hall–Kier alpha value is -1.50. The van der Waals surface area contributed by atoms with Gasteiger partial charge in [0.1, 0.15) is 0 Å². The van der Waals surface area contributed by atoms with E-state index in [0.29, 0.717) is 70.6 Å². The van der Waals surface area contributed by atoms with Crippen LogP contribution >= 0.6 is 0 Å². The average molecular weight is 611 g/mol. The normalized spacial score (nSPS) is 24.5. The van der Waals surface area contributed by atoms with Crippen molar-refractivity contribution in [2.45, 2.75) is 128 Å². The van der Waals surface area contributed by atoms with Crippen LogP contribution in [-0.4, -0.2) is 105 Å². The molecule has 3 rings (SSSR count). The Balaban J connectivity index is 1.10. The van der Waals surface area contributed by atoms with Crippen molar-refractivity contribution in [3.8, 4) is 0 Å². The van der Waals surface area contributed by atoms with Crippen LogP contribution in [0, 0.1) is 5.92 Å². The molecule has 0 aromatic rings. The van der Waals surface area contributed by atoms with Gasteiger partial charge in [-0.25, -0.2) is 14.8 Å². The first-order valence-electron chi connectivity index (χ1n) is 17.3. The second kappa shape index (κ2) is 21.3. The highest BCUT2D eigenvalue weighted by molar-refractivity contribution is 5.77. The number of carbonyl (C=O) groups is 2. The number of ether oxygens (including phenoxy) is 3. The summed E-state index contributed by atoms with van der Waals surface area (Å²) >= 11 is 0. The predicted octanol–water partition coefficient (Wildman–Crippen LogP) is 3.74. The fourth-order valence-corrected chi connectivity index (χ4v) is 6.37. The number of rotatable bonds is 20. The topological polar surface area (TPSA) is 116 Å². The van der Waals surface area contributed by atoms with Crippen molar-refractivity contribution in [3.63, 3.8) is 0 Å². The van der Waals surface area contributed by atoms with Gasteiger partial charge in [0.15, 0.2) is 0 Å². The number of carbonyl (C=O) groups excluding carboxylic acids is 2. The van der Waals surface area contributed by atoms with Gasteiger partial charge in [-0.05, 0) is 38.5 Å². The number of hydrogen-bond acceptors (Lipinski definition) is 8. The summed E-state index contributed by atoms with van der Waals surface area (Å²) in [6, 6.07) is 1.48. The maximum atomic E-state index is 12.0. The van der Waals surface area contributed by atoms with Crippen molar-refractivity contribution in [1.82, 2.24) is 31.5 Å². The zero-order valence-electron chi connectivity index (χ0n) is 27.4. The fraction of sp³-hybridized carbons (Fsp3) is 0.938. The lowest BCUT2D eigenvalue weighted by molar-refractivity contribution is -0.121. The highest BCUT2D eigenvalue weighted by Crippen LogP contribution is 2.26. The third-order valence-corrected chi connectivity index (χ3v) is 9.03. The van der Waals surface area contributed by atoms with Crippen molar-refractivity contribution >= 4 is 11.9 Å². The smallest absolute Gasteiger partial charge is 0.315 e. The summed E-state index contributed by atoms with van der Waals surface area (Å²) in [6.07, 6.45) is 15.2. The Morgan fingerprint density at radius 3 is 2.19 bits per heavy atom. The Morgan fingerprint density at radius 1 is 0.884 bits per heavy atom. The van der Waals surface area contributed by atoms with Crippen LogP contribution in [0.15, 0.2) is 0 Å². The number of nitrogens with one attached hydrogen (secondary N) is 4. The molecule has 3 amide bonds. The van der Waals surface area contributed by atoms with Gasteiger partial charge in [0, 0.05) is 44.2 Å². The van der Waals surface area contributed by atoms with E-state index in [9.17, 15) is 9.59 Å². The maximum absolute atomic E-state index is 12.0. The number of amides is 3. The highest BCUT2D eigenvalue weighted by atomic mass is 16.5. The predicted molar refractivity (Wildman–Crippen MR) is 169 cm³/mol. The molecular formula is C32H62N6O5. The largest absolute Gasteiger partial charge is 0.378 e. The van der Waals surface area contributed by atoms with Crippen LogP contribution in [0.3, 0.4) is 0 Å². The molecule has 1 unspecified atom stereocenters. The van der Waals surface area contributed by atoms with Gasteiger partial charge in [-0.1, -0.05) is 65.2 Å². The Labute approximate surface area is 260 Å². The van der Waals surface area contributed by atoms with Gasteiger partial charge in [-0.3, -0.25) is 4.79 Å². The van der Waals surface area contributed by atoms with Gasteiger partial charge in [-0.15, -0.1) is 0 Å². The van der Waals surface area contributed by atoms with E-state index in [1.54, 1.807) is 0 Å². The molecule has 0 aromatic heterocycles. The third kappa shape index (κ3) is 14.4. The Bertz CT molecular complexity index is 765. The molecule has 2 heterocycles. The minimum atomic E-state index is -0.0812. The number of hydrazine groups is 2. The zero-order valence-corrected chi connectivity index (χ0v) is 27.4. The van der Waals surface area contributed by atoms with E-state index in [0.717, 1.165) is 38.8 Å². The number of hydrogen-bond donors (Lipinski definition) is 4. The Kier molecular flexibility index (Phi) is 17.8.